The summed E-state index contributed by atoms with van der Waals surface area (Å²) in [5.41, 5.74) is 8.27. The molecule has 0 heterocycles. The molecule has 3 N–H and O–H groups in total. The molecule has 0 aliphatic rings. The summed E-state index contributed by atoms with van der Waals surface area (Å²) in [5.74, 6) is 1.78. The number of aliphatic hydroxyl groups excluding tert-OH is 1. The zero-order valence-corrected chi connectivity index (χ0v) is 9.26. The molecule has 1 atom stereocenters. The summed E-state index contributed by atoms with van der Waals surface area (Å²) in [5, 5.41) is 8.75. The Balaban J connectivity index is 2.35. The van der Waals surface area contributed by atoms with Crippen molar-refractivity contribution >= 4 is 11.8 Å². The third-order valence-corrected chi connectivity index (χ3v) is 3.26. The summed E-state index contributed by atoms with van der Waals surface area (Å²) in [7, 11) is 0. The Morgan fingerprint density at radius 3 is 2.79 bits per heavy atom. The van der Waals surface area contributed by atoms with Crippen molar-refractivity contribution < 1.29 is 5.11 Å². The van der Waals surface area contributed by atoms with Gasteiger partial charge in [-0.2, -0.15) is 11.8 Å². The van der Waals surface area contributed by atoms with Gasteiger partial charge in [-0.05, 0) is 18.1 Å². The summed E-state index contributed by atoms with van der Waals surface area (Å²) < 4.78 is 0. The lowest BCUT2D eigenvalue weighted by atomic mass is 10.1. The first kappa shape index (κ1) is 11.6. The van der Waals surface area contributed by atoms with Crippen molar-refractivity contribution in [3.05, 3.63) is 35.4 Å². The normalized spacial score (nSPS) is 12.8. The van der Waals surface area contributed by atoms with Gasteiger partial charge in [0.1, 0.15) is 0 Å². The van der Waals surface area contributed by atoms with Crippen LogP contribution in [-0.4, -0.2) is 23.5 Å². The molecule has 0 fully saturated rings. The second-order valence-corrected chi connectivity index (χ2v) is 4.41. The van der Waals surface area contributed by atoms with Crippen LogP contribution in [0.3, 0.4) is 0 Å². The van der Waals surface area contributed by atoms with Crippen LogP contribution in [-0.2, 0) is 5.75 Å². The Morgan fingerprint density at radius 2 is 2.14 bits per heavy atom. The number of benzene rings is 1. The lowest BCUT2D eigenvalue weighted by Gasteiger charge is -2.08. The van der Waals surface area contributed by atoms with E-state index in [1.807, 2.05) is 6.07 Å². The van der Waals surface area contributed by atoms with E-state index >= 15 is 0 Å². The molecule has 14 heavy (non-hydrogen) atoms. The minimum Gasteiger partial charge on any atom is -0.395 e. The highest BCUT2D eigenvalue weighted by Gasteiger charge is 2.01. The van der Waals surface area contributed by atoms with Crippen molar-refractivity contribution in [1.29, 1.82) is 0 Å². The third-order valence-electron chi connectivity index (χ3n) is 2.09. The van der Waals surface area contributed by atoms with Crippen LogP contribution in [0.5, 0.6) is 0 Å². The van der Waals surface area contributed by atoms with Crippen LogP contribution in [0.2, 0.25) is 0 Å². The van der Waals surface area contributed by atoms with Gasteiger partial charge in [0.25, 0.3) is 0 Å². The first-order valence-corrected chi connectivity index (χ1v) is 5.88. The third kappa shape index (κ3) is 3.70. The van der Waals surface area contributed by atoms with Crippen molar-refractivity contribution in [2.24, 2.45) is 5.73 Å². The molecule has 1 aromatic carbocycles. The zero-order chi connectivity index (χ0) is 10.4. The Hall–Kier alpha value is -0.510. The molecular weight excluding hydrogens is 194 g/mol. The van der Waals surface area contributed by atoms with Crippen molar-refractivity contribution in [3.63, 3.8) is 0 Å². The fourth-order valence-corrected chi connectivity index (χ4v) is 2.21. The Bertz CT molecular complexity index is 278. The standard InChI is InChI=1S/C11H17NOS/c1-9-4-2-3-5-10(9)7-14-8-11(12)6-13/h2-5,11,13H,6-8,12H2,1H3. The number of rotatable bonds is 5. The van der Waals surface area contributed by atoms with Crippen molar-refractivity contribution in [2.75, 3.05) is 12.4 Å². The first-order chi connectivity index (χ1) is 6.74. The van der Waals surface area contributed by atoms with Crippen LogP contribution in [0.25, 0.3) is 0 Å². The molecule has 1 unspecified atom stereocenters. The summed E-state index contributed by atoms with van der Waals surface area (Å²) in [6.07, 6.45) is 0. The predicted octanol–water partition coefficient (Wildman–Crippen LogP) is 1.55. The molecular formula is C11H17NOS. The van der Waals surface area contributed by atoms with Gasteiger partial charge in [-0.3, -0.25) is 0 Å². The van der Waals surface area contributed by atoms with Crippen molar-refractivity contribution in [1.82, 2.24) is 0 Å². The highest BCUT2D eigenvalue weighted by molar-refractivity contribution is 7.98. The monoisotopic (exact) mass is 211 g/mol. The van der Waals surface area contributed by atoms with Gasteiger partial charge in [-0.15, -0.1) is 0 Å². The molecule has 0 amide bonds. The van der Waals surface area contributed by atoms with E-state index in [0.29, 0.717) is 0 Å². The summed E-state index contributed by atoms with van der Waals surface area (Å²) in [4.78, 5) is 0. The smallest absolute Gasteiger partial charge is 0.0590 e. The number of aliphatic hydroxyl groups is 1. The summed E-state index contributed by atoms with van der Waals surface area (Å²) in [6, 6.07) is 8.25. The molecule has 1 aromatic rings. The van der Waals surface area contributed by atoms with Crippen LogP contribution in [0.1, 0.15) is 11.1 Å². The summed E-state index contributed by atoms with van der Waals surface area (Å²) in [6.45, 7) is 2.18. The molecule has 1 rings (SSSR count). The Labute approximate surface area is 89.5 Å². The average molecular weight is 211 g/mol. The molecule has 2 nitrogen and oxygen atoms in total. The highest BCUT2D eigenvalue weighted by atomic mass is 32.2. The zero-order valence-electron chi connectivity index (χ0n) is 8.44. The van der Waals surface area contributed by atoms with E-state index in [0.717, 1.165) is 11.5 Å². The Kier molecular flexibility index (Phi) is 5.01. The van der Waals surface area contributed by atoms with E-state index in [1.54, 1.807) is 11.8 Å². The SMILES string of the molecule is Cc1ccccc1CSCC(N)CO. The van der Waals surface area contributed by atoms with E-state index in [4.69, 9.17) is 10.8 Å². The van der Waals surface area contributed by atoms with Crippen LogP contribution >= 0.6 is 11.8 Å². The van der Waals surface area contributed by atoms with Gasteiger partial charge in [-0.1, -0.05) is 24.3 Å². The maximum absolute atomic E-state index is 8.75. The lowest BCUT2D eigenvalue weighted by Crippen LogP contribution is -2.26. The van der Waals surface area contributed by atoms with Crippen LogP contribution in [0, 0.1) is 6.92 Å². The predicted molar refractivity (Wildman–Crippen MR) is 62.4 cm³/mol. The quantitative estimate of drug-likeness (QED) is 0.776. The molecule has 0 aliphatic carbocycles. The van der Waals surface area contributed by atoms with Gasteiger partial charge in [0.05, 0.1) is 6.61 Å². The Morgan fingerprint density at radius 1 is 1.43 bits per heavy atom. The molecule has 0 bridgehead atoms. The fourth-order valence-electron chi connectivity index (χ4n) is 1.14. The molecule has 0 spiro atoms. The maximum atomic E-state index is 8.75. The maximum Gasteiger partial charge on any atom is 0.0590 e. The average Bonchev–Trinajstić information content (AvgIpc) is 2.20. The van der Waals surface area contributed by atoms with Gasteiger partial charge in [0, 0.05) is 17.5 Å². The van der Waals surface area contributed by atoms with E-state index in [9.17, 15) is 0 Å². The number of aryl methyl sites for hydroxylation is 1. The number of thioether (sulfide) groups is 1. The molecule has 0 saturated heterocycles. The van der Waals surface area contributed by atoms with Gasteiger partial charge in [-0.25, -0.2) is 0 Å². The van der Waals surface area contributed by atoms with Crippen LogP contribution < -0.4 is 5.73 Å². The number of hydrogen-bond donors (Lipinski definition) is 2. The minimum absolute atomic E-state index is 0.0702. The second-order valence-electron chi connectivity index (χ2n) is 3.38. The van der Waals surface area contributed by atoms with E-state index in [2.05, 4.69) is 25.1 Å². The van der Waals surface area contributed by atoms with E-state index in [1.165, 1.54) is 11.1 Å². The molecule has 3 heteroatoms. The van der Waals surface area contributed by atoms with Gasteiger partial charge in [0.15, 0.2) is 0 Å². The van der Waals surface area contributed by atoms with Gasteiger partial charge in [0.2, 0.25) is 0 Å². The first-order valence-electron chi connectivity index (χ1n) is 4.72. The molecule has 0 radical (unpaired) electrons. The highest BCUT2D eigenvalue weighted by Crippen LogP contribution is 2.15. The minimum atomic E-state index is -0.0935. The lowest BCUT2D eigenvalue weighted by molar-refractivity contribution is 0.275. The molecule has 0 aliphatic heterocycles. The number of hydrogen-bond acceptors (Lipinski definition) is 3. The van der Waals surface area contributed by atoms with Gasteiger partial charge < -0.3 is 10.8 Å². The van der Waals surface area contributed by atoms with Crippen molar-refractivity contribution in [2.45, 2.75) is 18.7 Å². The largest absolute Gasteiger partial charge is 0.395 e. The van der Waals surface area contributed by atoms with Crippen LogP contribution in [0.15, 0.2) is 24.3 Å². The fraction of sp³-hybridized carbons (Fsp3) is 0.455. The van der Waals surface area contributed by atoms with Gasteiger partial charge >= 0.3 is 0 Å². The molecule has 78 valence electrons. The van der Waals surface area contributed by atoms with Crippen molar-refractivity contribution in [3.8, 4) is 0 Å². The second kappa shape index (κ2) is 6.06. The molecule has 0 aromatic heterocycles. The van der Waals surface area contributed by atoms with Crippen LogP contribution in [0.4, 0.5) is 0 Å². The van der Waals surface area contributed by atoms with E-state index < -0.39 is 0 Å². The van der Waals surface area contributed by atoms with E-state index in [-0.39, 0.29) is 12.6 Å². The summed E-state index contributed by atoms with van der Waals surface area (Å²) >= 11 is 1.77. The number of nitrogens with two attached hydrogens (primary N) is 1. The topological polar surface area (TPSA) is 46.2 Å². The molecule has 0 saturated carbocycles.